The highest BCUT2D eigenvalue weighted by molar-refractivity contribution is 7.89. The highest BCUT2D eigenvalue weighted by atomic mass is 35.5. The maximum atomic E-state index is 13.3. The van der Waals surface area contributed by atoms with E-state index >= 15 is 0 Å². The molecule has 33 heavy (non-hydrogen) atoms. The average Bonchev–Trinajstić information content (AvgIpc) is 2.80. The van der Waals surface area contributed by atoms with E-state index in [1.165, 1.54) is 14.2 Å². The summed E-state index contributed by atoms with van der Waals surface area (Å²) in [6.07, 6.45) is 0. The molecule has 0 aromatic heterocycles. The molecule has 1 saturated heterocycles. The maximum absolute atomic E-state index is 13.3. The van der Waals surface area contributed by atoms with Gasteiger partial charge in [0.25, 0.3) is 0 Å². The first kappa shape index (κ1) is 25.3. The number of sulfonamides is 1. The van der Waals surface area contributed by atoms with Crippen molar-refractivity contribution < 1.29 is 17.9 Å². The van der Waals surface area contributed by atoms with Crippen LogP contribution in [0.1, 0.15) is 30.9 Å². The van der Waals surface area contributed by atoms with Crippen molar-refractivity contribution in [3.63, 3.8) is 0 Å². The zero-order valence-corrected chi connectivity index (χ0v) is 21.4. The minimum Gasteiger partial charge on any atom is -0.495 e. The zero-order valence-electron chi connectivity index (χ0n) is 19.8. The van der Waals surface area contributed by atoms with Crippen molar-refractivity contribution in [2.45, 2.75) is 31.6 Å². The molecule has 0 spiro atoms. The van der Waals surface area contributed by atoms with Crippen LogP contribution in [0.4, 0.5) is 5.69 Å². The van der Waals surface area contributed by atoms with Crippen LogP contribution in [-0.4, -0.2) is 70.4 Å². The lowest BCUT2D eigenvalue weighted by atomic mass is 10.0. The number of hydrogen-bond acceptors (Lipinski definition) is 5. The summed E-state index contributed by atoms with van der Waals surface area (Å²) in [6.45, 7) is 8.15. The molecule has 0 unspecified atom stereocenters. The van der Waals surface area contributed by atoms with Crippen molar-refractivity contribution >= 4 is 33.2 Å². The number of amides is 1. The highest BCUT2D eigenvalue weighted by Gasteiger charge is 2.30. The lowest BCUT2D eigenvalue weighted by Crippen LogP contribution is -2.51. The number of likely N-dealkylation sites (N-methyl/N-ethyl adjacent to an activating group) is 1. The molecule has 1 amide bonds. The van der Waals surface area contributed by atoms with Gasteiger partial charge in [-0.15, -0.1) is 0 Å². The number of halogens is 1. The molecule has 9 heteroatoms. The Kier molecular flexibility index (Phi) is 7.92. The van der Waals surface area contributed by atoms with Gasteiger partial charge in [0.05, 0.1) is 13.7 Å². The molecule has 7 nitrogen and oxygen atoms in total. The van der Waals surface area contributed by atoms with Gasteiger partial charge in [0.2, 0.25) is 15.9 Å². The molecular formula is C24H32ClN3O4S. The minimum absolute atomic E-state index is 0.0766. The molecule has 0 radical (unpaired) electrons. The number of methoxy groups -OCH3 is 1. The van der Waals surface area contributed by atoms with Crippen LogP contribution in [0, 0.1) is 6.92 Å². The SMILES string of the molecule is COc1ccc(C(C)C)cc1S(=O)(=O)N(C)CC(=O)N1CCN(c2cc(Cl)ccc2C)CC1. The molecule has 3 rings (SSSR count). The fourth-order valence-corrected chi connectivity index (χ4v) is 5.39. The second kappa shape index (κ2) is 10.3. The van der Waals surface area contributed by atoms with Crippen LogP contribution < -0.4 is 9.64 Å². The lowest BCUT2D eigenvalue weighted by molar-refractivity contribution is -0.131. The topological polar surface area (TPSA) is 70.2 Å². The van der Waals surface area contributed by atoms with Gasteiger partial charge in [-0.2, -0.15) is 4.31 Å². The minimum atomic E-state index is -3.90. The number of nitrogens with zero attached hydrogens (tertiary/aromatic N) is 3. The van der Waals surface area contributed by atoms with Crippen LogP contribution in [0.25, 0.3) is 0 Å². The third kappa shape index (κ3) is 5.62. The second-order valence-electron chi connectivity index (χ2n) is 8.62. The monoisotopic (exact) mass is 493 g/mol. The van der Waals surface area contributed by atoms with E-state index in [2.05, 4.69) is 4.90 Å². The third-order valence-corrected chi connectivity index (χ3v) is 8.10. The average molecular weight is 494 g/mol. The number of aryl methyl sites for hydroxylation is 1. The smallest absolute Gasteiger partial charge is 0.246 e. The summed E-state index contributed by atoms with van der Waals surface area (Å²) in [7, 11) is -1.03. The van der Waals surface area contributed by atoms with Crippen LogP contribution in [-0.2, 0) is 14.8 Å². The molecule has 0 N–H and O–H groups in total. The van der Waals surface area contributed by atoms with Crippen molar-refractivity contribution in [1.82, 2.24) is 9.21 Å². The number of carbonyl (C=O) groups excluding carboxylic acids is 1. The van der Waals surface area contributed by atoms with Gasteiger partial charge in [-0.05, 0) is 48.2 Å². The summed E-state index contributed by atoms with van der Waals surface area (Å²) in [5.74, 6) is 0.211. The van der Waals surface area contributed by atoms with Gasteiger partial charge in [0, 0.05) is 43.9 Å². The van der Waals surface area contributed by atoms with E-state index in [9.17, 15) is 13.2 Å². The van der Waals surface area contributed by atoms with Crippen LogP contribution in [0.3, 0.4) is 0 Å². The first-order chi connectivity index (χ1) is 15.5. The van der Waals surface area contributed by atoms with Gasteiger partial charge in [-0.25, -0.2) is 8.42 Å². The summed E-state index contributed by atoms with van der Waals surface area (Å²) >= 11 is 6.15. The Bertz CT molecular complexity index is 1110. The highest BCUT2D eigenvalue weighted by Crippen LogP contribution is 2.30. The fraction of sp³-hybridized carbons (Fsp3) is 0.458. The predicted molar refractivity (Wildman–Crippen MR) is 132 cm³/mol. The van der Waals surface area contributed by atoms with Crippen LogP contribution in [0.2, 0.25) is 5.02 Å². The molecule has 1 heterocycles. The first-order valence-electron chi connectivity index (χ1n) is 11.0. The molecule has 2 aromatic rings. The molecule has 0 atom stereocenters. The second-order valence-corrected chi connectivity index (χ2v) is 11.1. The Balaban J connectivity index is 1.68. The molecule has 0 bridgehead atoms. The number of ether oxygens (including phenoxy) is 1. The Morgan fingerprint density at radius 1 is 1.12 bits per heavy atom. The van der Waals surface area contributed by atoms with E-state index in [1.54, 1.807) is 17.0 Å². The lowest BCUT2D eigenvalue weighted by Gasteiger charge is -2.37. The Hall–Kier alpha value is -2.29. The normalized spacial score (nSPS) is 14.8. The van der Waals surface area contributed by atoms with Crippen LogP contribution in [0.5, 0.6) is 5.75 Å². The first-order valence-corrected chi connectivity index (χ1v) is 12.8. The molecule has 0 saturated carbocycles. The van der Waals surface area contributed by atoms with E-state index in [0.717, 1.165) is 21.1 Å². The Morgan fingerprint density at radius 3 is 2.39 bits per heavy atom. The largest absolute Gasteiger partial charge is 0.495 e. The van der Waals surface area contributed by atoms with E-state index < -0.39 is 10.0 Å². The van der Waals surface area contributed by atoms with E-state index in [-0.39, 0.29) is 29.0 Å². The summed E-state index contributed by atoms with van der Waals surface area (Å²) in [5, 5.41) is 0.679. The quantitative estimate of drug-likeness (QED) is 0.587. The number of piperazine rings is 1. The third-order valence-electron chi connectivity index (χ3n) is 6.04. The van der Waals surface area contributed by atoms with Gasteiger partial charge >= 0.3 is 0 Å². The van der Waals surface area contributed by atoms with Gasteiger partial charge < -0.3 is 14.5 Å². The van der Waals surface area contributed by atoms with E-state index in [0.29, 0.717) is 31.2 Å². The number of rotatable bonds is 7. The molecule has 1 fully saturated rings. The predicted octanol–water partition coefficient (Wildman–Crippen LogP) is 3.75. The summed E-state index contributed by atoms with van der Waals surface area (Å²) < 4.78 is 32.9. The van der Waals surface area contributed by atoms with Crippen molar-refractivity contribution in [2.24, 2.45) is 0 Å². The summed E-state index contributed by atoms with van der Waals surface area (Å²) in [4.78, 5) is 16.9. The van der Waals surface area contributed by atoms with Gasteiger partial charge in [-0.3, -0.25) is 4.79 Å². The fourth-order valence-electron chi connectivity index (χ4n) is 3.92. The Labute approximate surface area is 201 Å². The zero-order chi connectivity index (χ0) is 24.3. The van der Waals surface area contributed by atoms with Gasteiger partial charge in [0.15, 0.2) is 0 Å². The van der Waals surface area contributed by atoms with E-state index in [1.807, 2.05) is 45.0 Å². The number of hydrogen-bond donors (Lipinski definition) is 0. The number of carbonyl (C=O) groups is 1. The van der Waals surface area contributed by atoms with Crippen molar-refractivity contribution in [2.75, 3.05) is 51.8 Å². The van der Waals surface area contributed by atoms with Crippen molar-refractivity contribution in [3.8, 4) is 5.75 Å². The Morgan fingerprint density at radius 2 is 1.79 bits per heavy atom. The van der Waals surface area contributed by atoms with Crippen LogP contribution in [0.15, 0.2) is 41.3 Å². The van der Waals surface area contributed by atoms with Gasteiger partial charge in [-0.1, -0.05) is 37.6 Å². The standard InChI is InChI=1S/C24H32ClN3O4S/c1-17(2)19-7-9-22(32-5)23(14-19)33(30,31)26(4)16-24(29)28-12-10-27(11-13-28)21-15-20(25)8-6-18(21)3/h6-9,14-15,17H,10-13,16H2,1-5H3. The molecule has 1 aliphatic heterocycles. The molecule has 180 valence electrons. The number of anilines is 1. The van der Waals surface area contributed by atoms with Crippen molar-refractivity contribution in [1.29, 1.82) is 0 Å². The van der Waals surface area contributed by atoms with Gasteiger partial charge in [0.1, 0.15) is 10.6 Å². The van der Waals surface area contributed by atoms with Crippen molar-refractivity contribution in [3.05, 3.63) is 52.5 Å². The molecule has 0 aliphatic carbocycles. The molecule has 2 aromatic carbocycles. The molecule has 1 aliphatic rings. The van der Waals surface area contributed by atoms with E-state index in [4.69, 9.17) is 16.3 Å². The summed E-state index contributed by atoms with van der Waals surface area (Å²) in [6, 6.07) is 10.9. The number of benzene rings is 2. The maximum Gasteiger partial charge on any atom is 0.246 e. The summed E-state index contributed by atoms with van der Waals surface area (Å²) in [5.41, 5.74) is 3.08. The van der Waals surface area contributed by atoms with Crippen LogP contribution >= 0.6 is 11.6 Å². The molecular weight excluding hydrogens is 462 g/mol.